The molecule has 0 heterocycles. The maximum absolute atomic E-state index is 10.4. The van der Waals surface area contributed by atoms with Gasteiger partial charge < -0.3 is 15.7 Å². The highest BCUT2D eigenvalue weighted by molar-refractivity contribution is 5.23. The number of rotatable bonds is 7. The maximum Gasteiger partial charge on any atom is 0.127 e. The van der Waals surface area contributed by atoms with Gasteiger partial charge in [0.1, 0.15) is 6.23 Å². The SMILES string of the molecule is CCCCC1=CC=C(NC(O)C2CCC(NC)CC2)CC1. The lowest BCUT2D eigenvalue weighted by atomic mass is 9.84. The summed E-state index contributed by atoms with van der Waals surface area (Å²) in [5.74, 6) is 0.404. The molecule has 0 aromatic carbocycles. The summed E-state index contributed by atoms with van der Waals surface area (Å²) in [6.45, 7) is 2.24. The Labute approximate surface area is 129 Å². The number of hydrogen-bond acceptors (Lipinski definition) is 3. The minimum Gasteiger partial charge on any atom is -0.374 e. The van der Waals surface area contributed by atoms with E-state index >= 15 is 0 Å². The van der Waals surface area contributed by atoms with Gasteiger partial charge in [-0.15, -0.1) is 0 Å². The van der Waals surface area contributed by atoms with E-state index in [9.17, 15) is 5.11 Å². The monoisotopic (exact) mass is 292 g/mol. The zero-order chi connectivity index (χ0) is 15.1. The average Bonchev–Trinajstić information content (AvgIpc) is 2.54. The van der Waals surface area contributed by atoms with Crippen LogP contribution in [0.3, 0.4) is 0 Å². The second-order valence-electron chi connectivity index (χ2n) is 6.61. The van der Waals surface area contributed by atoms with E-state index in [0.717, 1.165) is 25.7 Å². The molecule has 3 nitrogen and oxygen atoms in total. The second-order valence-corrected chi connectivity index (χ2v) is 6.61. The zero-order valence-electron chi connectivity index (χ0n) is 13.7. The predicted molar refractivity (Wildman–Crippen MR) is 88.9 cm³/mol. The van der Waals surface area contributed by atoms with Gasteiger partial charge in [0.2, 0.25) is 0 Å². The lowest BCUT2D eigenvalue weighted by Gasteiger charge is -2.32. The first-order chi connectivity index (χ1) is 10.2. The first-order valence-electron chi connectivity index (χ1n) is 8.73. The Kier molecular flexibility index (Phi) is 6.78. The van der Waals surface area contributed by atoms with Crippen molar-refractivity contribution >= 4 is 0 Å². The summed E-state index contributed by atoms with van der Waals surface area (Å²) in [5, 5.41) is 17.1. The summed E-state index contributed by atoms with van der Waals surface area (Å²) in [7, 11) is 2.04. The molecule has 0 saturated heterocycles. The lowest BCUT2D eigenvalue weighted by molar-refractivity contribution is 0.0583. The van der Waals surface area contributed by atoms with E-state index in [0.29, 0.717) is 12.0 Å². The molecule has 0 bridgehead atoms. The van der Waals surface area contributed by atoms with E-state index in [1.807, 2.05) is 7.05 Å². The molecule has 2 aliphatic rings. The van der Waals surface area contributed by atoms with Crippen molar-refractivity contribution < 1.29 is 5.11 Å². The van der Waals surface area contributed by atoms with Gasteiger partial charge in [-0.25, -0.2) is 0 Å². The lowest BCUT2D eigenvalue weighted by Crippen LogP contribution is -2.40. The topological polar surface area (TPSA) is 44.3 Å². The minimum atomic E-state index is -0.375. The third-order valence-electron chi connectivity index (χ3n) is 5.05. The number of unbranched alkanes of at least 4 members (excludes halogenated alkanes) is 1. The molecule has 0 aromatic rings. The van der Waals surface area contributed by atoms with Gasteiger partial charge in [0.25, 0.3) is 0 Å². The van der Waals surface area contributed by atoms with E-state index in [1.165, 1.54) is 37.8 Å². The number of allylic oxidation sites excluding steroid dienone is 4. The third kappa shape index (κ3) is 5.15. The summed E-state index contributed by atoms with van der Waals surface area (Å²) in [6, 6.07) is 0.645. The van der Waals surface area contributed by atoms with Gasteiger partial charge in [0.15, 0.2) is 0 Å². The summed E-state index contributed by atoms with van der Waals surface area (Å²) in [5.41, 5.74) is 2.77. The Morgan fingerprint density at radius 2 is 1.95 bits per heavy atom. The molecule has 3 N–H and O–H groups in total. The molecule has 2 rings (SSSR count). The summed E-state index contributed by atoms with van der Waals surface area (Å²) in [4.78, 5) is 0. The Morgan fingerprint density at radius 1 is 1.19 bits per heavy atom. The van der Waals surface area contributed by atoms with E-state index in [-0.39, 0.29) is 6.23 Å². The Bertz CT molecular complexity index is 367. The largest absolute Gasteiger partial charge is 0.374 e. The summed E-state index contributed by atoms with van der Waals surface area (Å²) >= 11 is 0. The van der Waals surface area contributed by atoms with Crippen LogP contribution < -0.4 is 10.6 Å². The number of aliphatic hydroxyl groups excluding tert-OH is 1. The average molecular weight is 292 g/mol. The molecule has 21 heavy (non-hydrogen) atoms. The van der Waals surface area contributed by atoms with Crippen molar-refractivity contribution in [1.82, 2.24) is 10.6 Å². The van der Waals surface area contributed by atoms with Gasteiger partial charge >= 0.3 is 0 Å². The molecule has 1 fully saturated rings. The van der Waals surface area contributed by atoms with Crippen LogP contribution in [0.15, 0.2) is 23.4 Å². The van der Waals surface area contributed by atoms with Crippen LogP contribution in [0.4, 0.5) is 0 Å². The van der Waals surface area contributed by atoms with Gasteiger partial charge in [-0.2, -0.15) is 0 Å². The van der Waals surface area contributed by atoms with Crippen LogP contribution in [0.2, 0.25) is 0 Å². The van der Waals surface area contributed by atoms with Crippen LogP contribution in [-0.4, -0.2) is 24.4 Å². The normalized spacial score (nSPS) is 27.8. The molecular formula is C18H32N2O. The van der Waals surface area contributed by atoms with Crippen LogP contribution in [0.25, 0.3) is 0 Å². The second kappa shape index (κ2) is 8.60. The summed E-state index contributed by atoms with van der Waals surface area (Å²) in [6.07, 6.45) is 14.6. The Morgan fingerprint density at radius 3 is 2.52 bits per heavy atom. The van der Waals surface area contributed by atoms with Gasteiger partial charge in [0, 0.05) is 17.7 Å². The maximum atomic E-state index is 10.4. The van der Waals surface area contributed by atoms with Crippen LogP contribution >= 0.6 is 0 Å². The van der Waals surface area contributed by atoms with Crippen LogP contribution in [0, 0.1) is 5.92 Å². The number of aliphatic hydroxyl groups is 1. The molecular weight excluding hydrogens is 260 g/mol. The molecule has 1 saturated carbocycles. The first-order valence-corrected chi connectivity index (χ1v) is 8.73. The first kappa shape index (κ1) is 16.6. The van der Waals surface area contributed by atoms with Crippen molar-refractivity contribution in [3.05, 3.63) is 23.4 Å². The van der Waals surface area contributed by atoms with E-state index in [4.69, 9.17) is 0 Å². The molecule has 0 aliphatic heterocycles. The molecule has 1 unspecified atom stereocenters. The fraction of sp³-hybridized carbons (Fsp3) is 0.778. The zero-order valence-corrected chi connectivity index (χ0v) is 13.7. The van der Waals surface area contributed by atoms with E-state index in [2.05, 4.69) is 29.7 Å². The van der Waals surface area contributed by atoms with Crippen LogP contribution in [0.1, 0.15) is 64.7 Å². The number of nitrogens with one attached hydrogen (secondary N) is 2. The highest BCUT2D eigenvalue weighted by Crippen LogP contribution is 2.27. The molecule has 0 radical (unpaired) electrons. The van der Waals surface area contributed by atoms with Crippen molar-refractivity contribution in [3.63, 3.8) is 0 Å². The fourth-order valence-corrected chi connectivity index (χ4v) is 3.44. The smallest absolute Gasteiger partial charge is 0.127 e. The van der Waals surface area contributed by atoms with Gasteiger partial charge in [-0.05, 0) is 64.5 Å². The quantitative estimate of drug-likeness (QED) is 0.630. The number of hydrogen-bond donors (Lipinski definition) is 3. The highest BCUT2D eigenvalue weighted by atomic mass is 16.3. The van der Waals surface area contributed by atoms with E-state index in [1.54, 1.807) is 5.57 Å². The third-order valence-corrected chi connectivity index (χ3v) is 5.05. The molecule has 1 atom stereocenters. The van der Waals surface area contributed by atoms with Crippen LogP contribution in [-0.2, 0) is 0 Å². The molecule has 2 aliphatic carbocycles. The molecule has 0 amide bonds. The van der Waals surface area contributed by atoms with Crippen LogP contribution in [0.5, 0.6) is 0 Å². The Hall–Kier alpha value is -0.800. The van der Waals surface area contributed by atoms with Crippen molar-refractivity contribution in [2.24, 2.45) is 5.92 Å². The van der Waals surface area contributed by atoms with Gasteiger partial charge in [0.05, 0.1) is 0 Å². The molecule has 3 heteroatoms. The van der Waals surface area contributed by atoms with Gasteiger partial charge in [-0.1, -0.05) is 25.0 Å². The predicted octanol–water partition coefficient (Wildman–Crippen LogP) is 3.47. The van der Waals surface area contributed by atoms with Crippen molar-refractivity contribution in [2.45, 2.75) is 77.0 Å². The Balaban J connectivity index is 1.77. The minimum absolute atomic E-state index is 0.375. The van der Waals surface area contributed by atoms with Crippen molar-refractivity contribution in [1.29, 1.82) is 0 Å². The van der Waals surface area contributed by atoms with Crippen molar-refractivity contribution in [2.75, 3.05) is 7.05 Å². The molecule has 120 valence electrons. The standard InChI is InChI=1S/C18H32N2O/c1-3-4-5-14-6-10-17(11-7-14)20-18(21)15-8-12-16(19-2)13-9-15/h6,10,15-16,18-21H,3-5,7-9,11-13H2,1-2H3. The molecule has 0 aromatic heterocycles. The van der Waals surface area contributed by atoms with Crippen molar-refractivity contribution in [3.8, 4) is 0 Å². The fourth-order valence-electron chi connectivity index (χ4n) is 3.44. The van der Waals surface area contributed by atoms with Gasteiger partial charge in [-0.3, -0.25) is 0 Å². The molecule has 0 spiro atoms. The van der Waals surface area contributed by atoms with E-state index < -0.39 is 0 Å². The summed E-state index contributed by atoms with van der Waals surface area (Å²) < 4.78 is 0. The highest BCUT2D eigenvalue weighted by Gasteiger charge is 2.26.